The van der Waals surface area contributed by atoms with Gasteiger partial charge in [-0.1, -0.05) is 13.0 Å². The molecular weight excluding hydrogens is 252 g/mol. The zero-order valence-electron chi connectivity index (χ0n) is 12.2. The first-order valence-electron chi connectivity index (χ1n) is 7.60. The minimum Gasteiger partial charge on any atom is -0.486 e. The molecule has 2 atom stereocenters. The van der Waals surface area contributed by atoms with E-state index in [0.717, 1.165) is 31.1 Å². The highest BCUT2D eigenvalue weighted by molar-refractivity contribution is 5.43. The van der Waals surface area contributed by atoms with Gasteiger partial charge in [0.1, 0.15) is 13.2 Å². The van der Waals surface area contributed by atoms with Crippen LogP contribution in [-0.2, 0) is 6.54 Å². The summed E-state index contributed by atoms with van der Waals surface area (Å²) in [4.78, 5) is 2.51. The molecule has 1 aromatic carbocycles. The third-order valence-electron chi connectivity index (χ3n) is 4.46. The molecule has 110 valence electrons. The summed E-state index contributed by atoms with van der Waals surface area (Å²) in [5, 5.41) is 0. The summed E-state index contributed by atoms with van der Waals surface area (Å²) >= 11 is 0. The van der Waals surface area contributed by atoms with Crippen LogP contribution in [0.5, 0.6) is 11.5 Å². The lowest BCUT2D eigenvalue weighted by Gasteiger charge is -2.39. The van der Waals surface area contributed by atoms with Crippen molar-refractivity contribution in [1.29, 1.82) is 0 Å². The van der Waals surface area contributed by atoms with E-state index in [9.17, 15) is 0 Å². The Kier molecular flexibility index (Phi) is 4.13. The second kappa shape index (κ2) is 6.02. The molecule has 0 spiro atoms. The molecule has 0 radical (unpaired) electrons. The number of likely N-dealkylation sites (tertiary alicyclic amines) is 1. The molecule has 2 heterocycles. The number of rotatable bonds is 3. The van der Waals surface area contributed by atoms with Crippen LogP contribution in [0.15, 0.2) is 18.2 Å². The van der Waals surface area contributed by atoms with Gasteiger partial charge in [0, 0.05) is 19.1 Å². The van der Waals surface area contributed by atoms with Gasteiger partial charge in [0.15, 0.2) is 11.5 Å². The Hall–Kier alpha value is -1.26. The first kappa shape index (κ1) is 13.7. The van der Waals surface area contributed by atoms with E-state index in [1.54, 1.807) is 0 Å². The number of benzene rings is 1. The van der Waals surface area contributed by atoms with Crippen LogP contribution in [0.2, 0.25) is 0 Å². The van der Waals surface area contributed by atoms with Crippen LogP contribution in [-0.4, -0.2) is 37.2 Å². The number of nitrogens with zero attached hydrogens (tertiary/aromatic N) is 1. The lowest BCUT2D eigenvalue weighted by atomic mass is 9.90. The van der Waals surface area contributed by atoms with Gasteiger partial charge in [-0.3, -0.25) is 4.90 Å². The lowest BCUT2D eigenvalue weighted by Crippen LogP contribution is -2.48. The smallest absolute Gasteiger partial charge is 0.161 e. The Morgan fingerprint density at radius 1 is 1.25 bits per heavy atom. The zero-order valence-corrected chi connectivity index (χ0v) is 12.2. The molecule has 1 fully saturated rings. The van der Waals surface area contributed by atoms with E-state index in [0.29, 0.717) is 25.2 Å². The number of piperidine rings is 1. The van der Waals surface area contributed by atoms with E-state index in [2.05, 4.69) is 24.0 Å². The largest absolute Gasteiger partial charge is 0.486 e. The lowest BCUT2D eigenvalue weighted by molar-refractivity contribution is 0.0987. The fourth-order valence-corrected chi connectivity index (χ4v) is 3.33. The molecule has 2 unspecified atom stereocenters. The zero-order chi connectivity index (χ0) is 13.9. The molecule has 0 saturated carbocycles. The van der Waals surface area contributed by atoms with Crippen molar-refractivity contribution in [2.24, 2.45) is 11.7 Å². The van der Waals surface area contributed by atoms with E-state index in [4.69, 9.17) is 15.2 Å². The third kappa shape index (κ3) is 2.76. The third-order valence-corrected chi connectivity index (χ3v) is 4.46. The molecule has 4 nitrogen and oxygen atoms in total. The molecule has 20 heavy (non-hydrogen) atoms. The predicted octanol–water partition coefficient (Wildman–Crippen LogP) is 2.02. The monoisotopic (exact) mass is 276 g/mol. The molecule has 2 N–H and O–H groups in total. The molecule has 2 aliphatic heterocycles. The van der Waals surface area contributed by atoms with Gasteiger partial charge < -0.3 is 15.2 Å². The van der Waals surface area contributed by atoms with E-state index in [1.165, 1.54) is 18.4 Å². The number of fused-ring (bicyclic) bond motifs is 1. The van der Waals surface area contributed by atoms with Crippen molar-refractivity contribution in [3.05, 3.63) is 23.8 Å². The summed E-state index contributed by atoms with van der Waals surface area (Å²) in [6.45, 7) is 6.43. The Balaban J connectivity index is 1.73. The maximum Gasteiger partial charge on any atom is 0.161 e. The van der Waals surface area contributed by atoms with Gasteiger partial charge in [0.2, 0.25) is 0 Å². The fraction of sp³-hybridized carbons (Fsp3) is 0.625. The molecule has 0 amide bonds. The molecule has 1 saturated heterocycles. The van der Waals surface area contributed by atoms with Crippen LogP contribution < -0.4 is 15.2 Å². The molecule has 2 aliphatic rings. The van der Waals surface area contributed by atoms with Crippen LogP contribution in [0.1, 0.15) is 25.3 Å². The van der Waals surface area contributed by atoms with Crippen LogP contribution >= 0.6 is 0 Å². The number of hydrogen-bond acceptors (Lipinski definition) is 4. The predicted molar refractivity (Wildman–Crippen MR) is 79.1 cm³/mol. The summed E-state index contributed by atoms with van der Waals surface area (Å²) in [5.41, 5.74) is 7.24. The van der Waals surface area contributed by atoms with E-state index in [1.807, 2.05) is 6.07 Å². The minimum atomic E-state index is 0.497. The molecule has 0 bridgehead atoms. The van der Waals surface area contributed by atoms with Crippen molar-refractivity contribution in [3.8, 4) is 11.5 Å². The molecule has 3 rings (SSSR count). The minimum absolute atomic E-state index is 0.497. The van der Waals surface area contributed by atoms with Gasteiger partial charge >= 0.3 is 0 Å². The van der Waals surface area contributed by atoms with Crippen LogP contribution in [0.4, 0.5) is 0 Å². The van der Waals surface area contributed by atoms with E-state index >= 15 is 0 Å². The van der Waals surface area contributed by atoms with Crippen LogP contribution in [0.25, 0.3) is 0 Å². The van der Waals surface area contributed by atoms with Crippen molar-refractivity contribution in [1.82, 2.24) is 4.90 Å². The summed E-state index contributed by atoms with van der Waals surface area (Å²) in [5.74, 6) is 2.43. The SMILES string of the molecule is CC1CCCN(Cc2ccc3c(c2)OCCO3)C1CN. The van der Waals surface area contributed by atoms with Crippen molar-refractivity contribution in [2.75, 3.05) is 26.3 Å². The normalized spacial score (nSPS) is 26.5. The molecule has 4 heteroatoms. The Morgan fingerprint density at radius 2 is 2.05 bits per heavy atom. The average molecular weight is 276 g/mol. The number of ether oxygens (including phenoxy) is 2. The van der Waals surface area contributed by atoms with Gasteiger partial charge in [-0.25, -0.2) is 0 Å². The van der Waals surface area contributed by atoms with Crippen molar-refractivity contribution in [2.45, 2.75) is 32.4 Å². The second-order valence-electron chi connectivity index (χ2n) is 5.87. The Bertz CT molecular complexity index is 464. The molecular formula is C16H24N2O2. The summed E-state index contributed by atoms with van der Waals surface area (Å²) in [7, 11) is 0. The first-order valence-corrected chi connectivity index (χ1v) is 7.60. The number of hydrogen-bond donors (Lipinski definition) is 1. The highest BCUT2D eigenvalue weighted by atomic mass is 16.6. The summed E-state index contributed by atoms with van der Waals surface area (Å²) < 4.78 is 11.2. The standard InChI is InChI=1S/C16H24N2O2/c1-12-3-2-6-18(14(12)10-17)11-13-4-5-15-16(9-13)20-8-7-19-15/h4-5,9,12,14H,2-3,6-8,10-11,17H2,1H3. The van der Waals surface area contributed by atoms with Crippen LogP contribution in [0.3, 0.4) is 0 Å². The maximum atomic E-state index is 5.96. The van der Waals surface area contributed by atoms with Gasteiger partial charge in [-0.2, -0.15) is 0 Å². The highest BCUT2D eigenvalue weighted by Crippen LogP contribution is 2.32. The van der Waals surface area contributed by atoms with Gasteiger partial charge in [-0.05, 0) is 43.0 Å². The van der Waals surface area contributed by atoms with Crippen LogP contribution in [0, 0.1) is 5.92 Å². The second-order valence-corrected chi connectivity index (χ2v) is 5.87. The van der Waals surface area contributed by atoms with Gasteiger partial charge in [0.25, 0.3) is 0 Å². The first-order chi connectivity index (χ1) is 9.78. The topological polar surface area (TPSA) is 47.7 Å². The fourth-order valence-electron chi connectivity index (χ4n) is 3.33. The maximum absolute atomic E-state index is 5.96. The van der Waals surface area contributed by atoms with E-state index in [-0.39, 0.29) is 0 Å². The summed E-state index contributed by atoms with van der Waals surface area (Å²) in [6.07, 6.45) is 2.56. The Morgan fingerprint density at radius 3 is 2.85 bits per heavy atom. The molecule has 0 aromatic heterocycles. The van der Waals surface area contributed by atoms with Gasteiger partial charge in [-0.15, -0.1) is 0 Å². The summed E-state index contributed by atoms with van der Waals surface area (Å²) in [6, 6.07) is 6.77. The molecule has 1 aromatic rings. The van der Waals surface area contributed by atoms with Crippen molar-refractivity contribution < 1.29 is 9.47 Å². The van der Waals surface area contributed by atoms with Gasteiger partial charge in [0.05, 0.1) is 0 Å². The van der Waals surface area contributed by atoms with Crippen molar-refractivity contribution in [3.63, 3.8) is 0 Å². The highest BCUT2D eigenvalue weighted by Gasteiger charge is 2.27. The quantitative estimate of drug-likeness (QED) is 0.917. The van der Waals surface area contributed by atoms with E-state index < -0.39 is 0 Å². The molecule has 0 aliphatic carbocycles. The Labute approximate surface area is 120 Å². The number of nitrogens with two attached hydrogens (primary N) is 1. The van der Waals surface area contributed by atoms with Crippen molar-refractivity contribution >= 4 is 0 Å². The average Bonchev–Trinajstić information content (AvgIpc) is 2.47.